The van der Waals surface area contributed by atoms with Crippen molar-refractivity contribution >= 4 is 57.1 Å². The van der Waals surface area contributed by atoms with E-state index in [0.717, 1.165) is 31.0 Å². The van der Waals surface area contributed by atoms with Crippen LogP contribution in [0.4, 0.5) is 8.78 Å². The average molecular weight is 1290 g/mol. The molecule has 2 unspecified atom stereocenters. The number of nitrogens with one attached hydrogen (secondary N) is 6. The lowest BCUT2D eigenvalue weighted by atomic mass is 9.44. The third kappa shape index (κ3) is 17.8. The number of alkyl halides is 2. The summed E-state index contributed by atoms with van der Waals surface area (Å²) in [5, 5.41) is 34.7. The average Bonchev–Trinajstić information content (AvgIpc) is 1.60. The minimum absolute atomic E-state index is 0.0187. The normalized spacial score (nSPS) is 28.6. The van der Waals surface area contributed by atoms with Gasteiger partial charge in [-0.2, -0.15) is 8.42 Å². The third-order valence-corrected chi connectivity index (χ3v) is 18.2. The van der Waals surface area contributed by atoms with E-state index in [1.807, 2.05) is 6.92 Å². The van der Waals surface area contributed by atoms with Crippen molar-refractivity contribution in [2.24, 2.45) is 22.7 Å². The molecule has 8 N–H and O–H groups in total. The van der Waals surface area contributed by atoms with E-state index in [4.69, 9.17) is 42.4 Å². The van der Waals surface area contributed by atoms with E-state index >= 15 is 8.78 Å². The molecule has 29 nitrogen and oxygen atoms in total. The predicted molar refractivity (Wildman–Crippen MR) is 306 cm³/mol. The van der Waals surface area contributed by atoms with E-state index in [0.29, 0.717) is 71.0 Å². The largest absolute Gasteiger partial charge is 0.390 e. The second kappa shape index (κ2) is 32.5. The number of ether oxygens (including phenoxy) is 8. The van der Waals surface area contributed by atoms with Crippen molar-refractivity contribution in [3.63, 3.8) is 0 Å². The fourth-order valence-corrected chi connectivity index (χ4v) is 13.4. The molecule has 498 valence electrons. The number of aliphatic hydroxyl groups is 1. The molecule has 0 bridgehead atoms. The zero-order valence-electron chi connectivity index (χ0n) is 50.5. The molecule has 0 spiro atoms. The number of carbonyl (C=O) groups is 8. The summed E-state index contributed by atoms with van der Waals surface area (Å²) in [6.07, 6.45) is 2.81. The highest BCUT2D eigenvalue weighted by Gasteiger charge is 2.80. The standard InChI is InChI=1S/C57H85F2N9O20S/c1-4-8-52-87-45-27-37-38-26-40(58)39-25-36(69)11-13-54(39,2)56(38,59)43(70)28-55(37,3)57(45,88-52)44(71)33-85-35-65-50(76)32-63-48(74)30-61-47(73)29-62-49(75)31-64-51(77)34-86-42-10-7-5-6-9-41-53(42)66-67-68(41)15-17-82-19-21-84-23-22-83-20-18-81-16-12-46(72)60-14-24-89(78,79)80/h11,13,25,37-38,40,42-43,45,52,70H,4-10,12,14-24,26-35H2,1-3H3,(H,60,72)(H,61,73)(H,62,75)(H,63,74)(H,64,77)(H,65,76)(H,78,79,80)/t37-,38-,40-,42?,43-,45+,52?,54-,55-,56-,57+/m0/s1. The molecule has 1 aliphatic heterocycles. The summed E-state index contributed by atoms with van der Waals surface area (Å²) in [7, 11) is -4.14. The number of Topliss-reactive ketones (excluding diaryl/α,β-unsaturated/α-hetero) is 1. The maximum atomic E-state index is 17.8. The van der Waals surface area contributed by atoms with Gasteiger partial charge in [0, 0.05) is 29.7 Å². The molecule has 0 radical (unpaired) electrons. The number of aromatic nitrogens is 3. The van der Waals surface area contributed by atoms with E-state index < -0.39 is 167 Å². The van der Waals surface area contributed by atoms with Crippen molar-refractivity contribution in [3.8, 4) is 0 Å². The monoisotopic (exact) mass is 1290 g/mol. The van der Waals surface area contributed by atoms with E-state index in [-0.39, 0.29) is 64.2 Å². The van der Waals surface area contributed by atoms with Crippen LogP contribution in [0.1, 0.15) is 102 Å². The van der Waals surface area contributed by atoms with Crippen molar-refractivity contribution in [2.45, 2.75) is 140 Å². The first-order chi connectivity index (χ1) is 42.4. The van der Waals surface area contributed by atoms with Gasteiger partial charge >= 0.3 is 0 Å². The molecule has 1 saturated heterocycles. The minimum atomic E-state index is -4.14. The zero-order valence-corrected chi connectivity index (χ0v) is 51.3. The molecule has 89 heavy (non-hydrogen) atoms. The van der Waals surface area contributed by atoms with Crippen LogP contribution >= 0.6 is 0 Å². The summed E-state index contributed by atoms with van der Waals surface area (Å²) in [4.78, 5) is 101. The molecule has 4 fully saturated rings. The smallest absolute Gasteiger partial charge is 0.266 e. The quantitative estimate of drug-likeness (QED) is 0.0233. The first kappa shape index (κ1) is 70.6. The first-order valence-corrected chi connectivity index (χ1v) is 31.9. The number of halogens is 2. The third-order valence-electron chi connectivity index (χ3n) is 17.4. The predicted octanol–water partition coefficient (Wildman–Crippen LogP) is -0.754. The number of aliphatic hydroxyl groups excluding tert-OH is 1. The summed E-state index contributed by atoms with van der Waals surface area (Å²) in [6, 6.07) is 0. The Morgan fingerprint density at radius 3 is 2.03 bits per heavy atom. The SMILES string of the molecule is CCCC1O[C@@H]2C[C@H]3[C@@H]4C[C@H](F)C5=CC(=O)C=C[C@]5(C)[C@@]4(F)[C@@H](O)C[C@]3(C)[C@]2(C(=O)COCNC(=O)CNC(=O)CNC(=O)CNC(=O)CNC(=O)COC2CCCCCc3c2nnn3CCOCCOCCOCCOCCC(=O)NCCS(=O)(=O)O)O1. The van der Waals surface area contributed by atoms with Crippen LogP contribution in [0.25, 0.3) is 0 Å². The lowest BCUT2D eigenvalue weighted by Crippen LogP contribution is -2.71. The molecule has 3 saturated carbocycles. The lowest BCUT2D eigenvalue weighted by Gasteiger charge is -2.63. The van der Waals surface area contributed by atoms with E-state index in [2.05, 4.69) is 42.2 Å². The van der Waals surface area contributed by atoms with Crippen LogP contribution in [0.2, 0.25) is 0 Å². The van der Waals surface area contributed by atoms with Crippen molar-refractivity contribution in [1.29, 1.82) is 0 Å². The molecule has 5 aliphatic carbocycles. The van der Waals surface area contributed by atoms with Gasteiger partial charge in [-0.15, -0.1) is 5.10 Å². The Hall–Kier alpha value is -5.81. The first-order valence-electron chi connectivity index (χ1n) is 30.3. The van der Waals surface area contributed by atoms with Crippen LogP contribution in [-0.2, 0) is 99.3 Å². The number of nitrogens with zero attached hydrogens (tertiary/aromatic N) is 3. The van der Waals surface area contributed by atoms with E-state index in [1.54, 1.807) is 11.6 Å². The lowest BCUT2D eigenvalue weighted by molar-refractivity contribution is -0.235. The van der Waals surface area contributed by atoms with Gasteiger partial charge in [-0.25, -0.2) is 13.5 Å². The molecule has 1 aromatic heterocycles. The molecule has 0 aromatic carbocycles. The second-order valence-corrected chi connectivity index (χ2v) is 24.9. The fraction of sp³-hybridized carbons (Fsp3) is 0.754. The summed E-state index contributed by atoms with van der Waals surface area (Å²) < 4.78 is 112. The van der Waals surface area contributed by atoms with E-state index in [9.17, 15) is 51.9 Å². The Kier molecular flexibility index (Phi) is 25.8. The van der Waals surface area contributed by atoms with Gasteiger partial charge in [0.05, 0.1) is 109 Å². The Morgan fingerprint density at radius 1 is 0.775 bits per heavy atom. The molecule has 11 atom stereocenters. The summed E-state index contributed by atoms with van der Waals surface area (Å²) in [5.41, 5.74) is -5.46. The van der Waals surface area contributed by atoms with Crippen molar-refractivity contribution < 1.29 is 103 Å². The second-order valence-electron chi connectivity index (χ2n) is 23.3. The van der Waals surface area contributed by atoms with Crippen LogP contribution in [0.15, 0.2) is 23.8 Å². The Labute approximate surface area is 514 Å². The van der Waals surface area contributed by atoms with Gasteiger partial charge in [-0.3, -0.25) is 42.9 Å². The van der Waals surface area contributed by atoms with Crippen LogP contribution < -0.4 is 31.9 Å². The number of hydrogen-bond donors (Lipinski definition) is 8. The summed E-state index contributed by atoms with van der Waals surface area (Å²) in [6.45, 7) is 4.16. The molecular formula is C57H85F2N9O20S. The zero-order chi connectivity index (χ0) is 64.4. The summed E-state index contributed by atoms with van der Waals surface area (Å²) >= 11 is 0. The maximum Gasteiger partial charge on any atom is 0.266 e. The van der Waals surface area contributed by atoms with Gasteiger partial charge in [0.2, 0.25) is 35.4 Å². The number of fused-ring (bicyclic) bond motifs is 8. The minimum Gasteiger partial charge on any atom is -0.390 e. The number of carbonyl (C=O) groups excluding carboxylic acids is 8. The number of rotatable bonds is 36. The molecule has 1 aromatic rings. The molecular weight excluding hydrogens is 1200 g/mol. The van der Waals surface area contributed by atoms with Crippen LogP contribution in [0.5, 0.6) is 0 Å². The highest BCUT2D eigenvalue weighted by molar-refractivity contribution is 7.85. The molecule has 6 aliphatic rings. The molecule has 6 amide bonds. The number of hydrogen-bond acceptors (Lipinski definition) is 21. The molecule has 32 heteroatoms. The van der Waals surface area contributed by atoms with Gasteiger partial charge in [-0.1, -0.05) is 44.4 Å². The van der Waals surface area contributed by atoms with Gasteiger partial charge in [0.25, 0.3) is 10.1 Å². The van der Waals surface area contributed by atoms with Gasteiger partial charge in [-0.05, 0) is 75.5 Å². The van der Waals surface area contributed by atoms with Crippen LogP contribution in [-0.4, -0.2) is 227 Å². The van der Waals surface area contributed by atoms with Gasteiger partial charge in [0.15, 0.2) is 29.1 Å². The van der Waals surface area contributed by atoms with Gasteiger partial charge < -0.3 is 74.9 Å². The molecule has 7 rings (SSSR count). The Morgan fingerprint density at radius 2 is 1.39 bits per heavy atom. The van der Waals surface area contributed by atoms with Crippen molar-refractivity contribution in [3.05, 3.63) is 35.2 Å². The highest BCUT2D eigenvalue weighted by Crippen LogP contribution is 2.72. The van der Waals surface area contributed by atoms with Gasteiger partial charge in [0.1, 0.15) is 37.9 Å². The number of ketones is 2. The number of allylic oxidation sites excluding steroid dienone is 4. The Bertz CT molecular complexity index is 2850. The summed E-state index contributed by atoms with van der Waals surface area (Å²) in [5.74, 6) is -7.21. The maximum absolute atomic E-state index is 17.8. The fourth-order valence-electron chi connectivity index (χ4n) is 13.1. The van der Waals surface area contributed by atoms with Crippen LogP contribution in [0.3, 0.4) is 0 Å². The van der Waals surface area contributed by atoms with E-state index in [1.165, 1.54) is 19.1 Å². The molecule has 2 heterocycles. The van der Waals surface area contributed by atoms with Crippen molar-refractivity contribution in [1.82, 2.24) is 46.9 Å². The number of amides is 6. The topological polar surface area (TPSA) is 388 Å². The highest BCUT2D eigenvalue weighted by atomic mass is 32.2. The Balaban J connectivity index is 0.723. The van der Waals surface area contributed by atoms with Crippen LogP contribution in [0, 0.1) is 22.7 Å². The van der Waals surface area contributed by atoms with Crippen molar-refractivity contribution in [2.75, 3.05) is 111 Å².